The molecule has 1 aromatic carbocycles. The molecule has 114 valence electrons. The van der Waals surface area contributed by atoms with Crippen LogP contribution in [0.3, 0.4) is 0 Å². The maximum atomic E-state index is 12.1. The normalized spacial score (nSPS) is 15.8. The molecule has 1 fully saturated rings. The third kappa shape index (κ3) is 4.59. The van der Waals surface area contributed by atoms with Crippen LogP contribution in [0.5, 0.6) is 0 Å². The Morgan fingerprint density at radius 3 is 2.67 bits per heavy atom. The molecule has 1 heterocycles. The van der Waals surface area contributed by atoms with E-state index in [1.54, 1.807) is 6.07 Å². The molecular formula is C17H24N2O2. The van der Waals surface area contributed by atoms with Gasteiger partial charge in [0.05, 0.1) is 0 Å². The number of rotatable bonds is 4. The largest absolute Gasteiger partial charge is 0.352 e. The van der Waals surface area contributed by atoms with Gasteiger partial charge in [-0.2, -0.15) is 0 Å². The van der Waals surface area contributed by atoms with Crippen LogP contribution in [-0.4, -0.2) is 36.3 Å². The number of hydrogen-bond acceptors (Lipinski definition) is 2. The summed E-state index contributed by atoms with van der Waals surface area (Å²) in [5.74, 6) is 0.750. The average molecular weight is 288 g/mol. The SMILES string of the molecule is Cc1cccc(C(=O)NCCC(=O)N2CCC(C)CC2)c1. The minimum Gasteiger partial charge on any atom is -0.352 e. The highest BCUT2D eigenvalue weighted by Gasteiger charge is 2.19. The van der Waals surface area contributed by atoms with Gasteiger partial charge in [-0.1, -0.05) is 24.6 Å². The van der Waals surface area contributed by atoms with Crippen LogP contribution < -0.4 is 5.32 Å². The molecule has 0 atom stereocenters. The van der Waals surface area contributed by atoms with E-state index >= 15 is 0 Å². The second kappa shape index (κ2) is 7.25. The van der Waals surface area contributed by atoms with Gasteiger partial charge in [0, 0.05) is 31.6 Å². The monoisotopic (exact) mass is 288 g/mol. The van der Waals surface area contributed by atoms with E-state index in [2.05, 4.69) is 12.2 Å². The number of nitrogens with one attached hydrogen (secondary N) is 1. The fraction of sp³-hybridized carbons (Fsp3) is 0.529. The third-order valence-electron chi connectivity index (χ3n) is 4.04. The molecule has 0 bridgehead atoms. The molecule has 0 saturated carbocycles. The highest BCUT2D eigenvalue weighted by atomic mass is 16.2. The van der Waals surface area contributed by atoms with Crippen molar-refractivity contribution in [2.24, 2.45) is 5.92 Å². The fourth-order valence-electron chi connectivity index (χ4n) is 2.59. The molecule has 0 aliphatic carbocycles. The summed E-state index contributed by atoms with van der Waals surface area (Å²) in [6, 6.07) is 7.46. The molecule has 1 aliphatic rings. The topological polar surface area (TPSA) is 49.4 Å². The van der Waals surface area contributed by atoms with Crippen molar-refractivity contribution in [2.75, 3.05) is 19.6 Å². The van der Waals surface area contributed by atoms with Gasteiger partial charge >= 0.3 is 0 Å². The molecule has 2 rings (SSSR count). The van der Waals surface area contributed by atoms with E-state index in [-0.39, 0.29) is 11.8 Å². The van der Waals surface area contributed by atoms with Crippen LogP contribution in [0.2, 0.25) is 0 Å². The van der Waals surface area contributed by atoms with Crippen molar-refractivity contribution in [3.05, 3.63) is 35.4 Å². The smallest absolute Gasteiger partial charge is 0.251 e. The van der Waals surface area contributed by atoms with E-state index in [9.17, 15) is 9.59 Å². The van der Waals surface area contributed by atoms with Crippen LogP contribution in [-0.2, 0) is 4.79 Å². The summed E-state index contributed by atoms with van der Waals surface area (Å²) in [5.41, 5.74) is 1.70. The van der Waals surface area contributed by atoms with Crippen LogP contribution in [0, 0.1) is 12.8 Å². The highest BCUT2D eigenvalue weighted by Crippen LogP contribution is 2.16. The quantitative estimate of drug-likeness (QED) is 0.924. The van der Waals surface area contributed by atoms with Gasteiger partial charge in [-0.15, -0.1) is 0 Å². The molecule has 2 amide bonds. The Kier molecular flexibility index (Phi) is 5.37. The maximum Gasteiger partial charge on any atom is 0.251 e. The number of hydrogen-bond donors (Lipinski definition) is 1. The van der Waals surface area contributed by atoms with Gasteiger partial charge in [0.1, 0.15) is 0 Å². The Morgan fingerprint density at radius 2 is 2.00 bits per heavy atom. The van der Waals surface area contributed by atoms with Crippen LogP contribution >= 0.6 is 0 Å². The number of likely N-dealkylation sites (tertiary alicyclic amines) is 1. The molecular weight excluding hydrogens is 264 g/mol. The zero-order valence-electron chi connectivity index (χ0n) is 12.9. The predicted molar refractivity (Wildman–Crippen MR) is 83.1 cm³/mol. The summed E-state index contributed by atoms with van der Waals surface area (Å²) < 4.78 is 0. The number of benzene rings is 1. The van der Waals surface area contributed by atoms with Crippen LogP contribution in [0.25, 0.3) is 0 Å². The Hall–Kier alpha value is -1.84. The Labute approximate surface area is 126 Å². The van der Waals surface area contributed by atoms with Crippen molar-refractivity contribution < 1.29 is 9.59 Å². The van der Waals surface area contributed by atoms with E-state index in [0.29, 0.717) is 18.5 Å². The Morgan fingerprint density at radius 1 is 1.29 bits per heavy atom. The van der Waals surface area contributed by atoms with Crippen LogP contribution in [0.4, 0.5) is 0 Å². The average Bonchev–Trinajstić information content (AvgIpc) is 2.47. The van der Waals surface area contributed by atoms with E-state index in [4.69, 9.17) is 0 Å². The summed E-state index contributed by atoms with van der Waals surface area (Å²) in [4.78, 5) is 25.9. The molecule has 0 spiro atoms. The minimum atomic E-state index is -0.112. The lowest BCUT2D eigenvalue weighted by Gasteiger charge is -2.30. The van der Waals surface area contributed by atoms with Crippen molar-refractivity contribution in [1.29, 1.82) is 0 Å². The fourth-order valence-corrected chi connectivity index (χ4v) is 2.59. The number of amides is 2. The van der Waals surface area contributed by atoms with Gasteiger partial charge in [0.2, 0.25) is 5.91 Å². The minimum absolute atomic E-state index is 0.112. The predicted octanol–water partition coefficient (Wildman–Crippen LogP) is 2.37. The Bertz CT molecular complexity index is 505. The van der Waals surface area contributed by atoms with E-state index < -0.39 is 0 Å². The zero-order valence-corrected chi connectivity index (χ0v) is 12.9. The first-order chi connectivity index (χ1) is 10.1. The number of carbonyl (C=O) groups excluding carboxylic acids is 2. The molecule has 4 heteroatoms. The van der Waals surface area contributed by atoms with Gasteiger partial charge in [0.15, 0.2) is 0 Å². The van der Waals surface area contributed by atoms with E-state index in [0.717, 1.165) is 37.4 Å². The van der Waals surface area contributed by atoms with E-state index in [1.807, 2.05) is 30.0 Å². The Balaban J connectivity index is 1.74. The third-order valence-corrected chi connectivity index (χ3v) is 4.04. The van der Waals surface area contributed by atoms with Crippen molar-refractivity contribution in [3.63, 3.8) is 0 Å². The standard InChI is InChI=1S/C17H24N2O2/c1-13-7-10-19(11-8-13)16(20)6-9-18-17(21)15-5-3-4-14(2)12-15/h3-5,12-13H,6-11H2,1-2H3,(H,18,21). The van der Waals surface area contributed by atoms with Gasteiger partial charge < -0.3 is 10.2 Å². The molecule has 0 radical (unpaired) electrons. The first kappa shape index (κ1) is 15.5. The van der Waals surface area contributed by atoms with Gasteiger partial charge in [-0.25, -0.2) is 0 Å². The number of carbonyl (C=O) groups is 2. The highest BCUT2D eigenvalue weighted by molar-refractivity contribution is 5.94. The van der Waals surface area contributed by atoms with Gasteiger partial charge in [-0.3, -0.25) is 9.59 Å². The number of piperidine rings is 1. The molecule has 21 heavy (non-hydrogen) atoms. The molecule has 1 aliphatic heterocycles. The molecule has 0 unspecified atom stereocenters. The number of aryl methyl sites for hydroxylation is 1. The van der Waals surface area contributed by atoms with Crippen molar-refractivity contribution in [2.45, 2.75) is 33.1 Å². The lowest BCUT2D eigenvalue weighted by molar-refractivity contribution is -0.132. The lowest BCUT2D eigenvalue weighted by atomic mass is 9.99. The summed E-state index contributed by atoms with van der Waals surface area (Å²) in [7, 11) is 0. The summed E-state index contributed by atoms with van der Waals surface area (Å²) in [6.07, 6.45) is 2.55. The molecule has 1 aromatic rings. The second-order valence-electron chi connectivity index (χ2n) is 5.94. The zero-order chi connectivity index (χ0) is 15.2. The first-order valence-electron chi connectivity index (χ1n) is 7.69. The maximum absolute atomic E-state index is 12.1. The summed E-state index contributed by atoms with van der Waals surface area (Å²) in [6.45, 7) is 6.29. The molecule has 4 nitrogen and oxygen atoms in total. The molecule has 1 N–H and O–H groups in total. The summed E-state index contributed by atoms with van der Waals surface area (Å²) in [5, 5.41) is 2.82. The molecule has 1 saturated heterocycles. The van der Waals surface area contributed by atoms with Crippen LogP contribution in [0.15, 0.2) is 24.3 Å². The number of nitrogens with zero attached hydrogens (tertiary/aromatic N) is 1. The first-order valence-corrected chi connectivity index (χ1v) is 7.69. The lowest BCUT2D eigenvalue weighted by Crippen LogP contribution is -2.39. The summed E-state index contributed by atoms with van der Waals surface area (Å²) >= 11 is 0. The van der Waals surface area contributed by atoms with Crippen molar-refractivity contribution in [3.8, 4) is 0 Å². The van der Waals surface area contributed by atoms with Gasteiger partial charge in [0.25, 0.3) is 5.91 Å². The van der Waals surface area contributed by atoms with Crippen LogP contribution in [0.1, 0.15) is 42.1 Å². The second-order valence-corrected chi connectivity index (χ2v) is 5.94. The van der Waals surface area contributed by atoms with E-state index in [1.165, 1.54) is 0 Å². The van der Waals surface area contributed by atoms with Gasteiger partial charge in [-0.05, 0) is 37.8 Å². The van der Waals surface area contributed by atoms with Crippen molar-refractivity contribution in [1.82, 2.24) is 10.2 Å². The molecule has 0 aromatic heterocycles. The van der Waals surface area contributed by atoms with Crippen molar-refractivity contribution >= 4 is 11.8 Å².